The van der Waals surface area contributed by atoms with Crippen LogP contribution in [0.5, 0.6) is 5.75 Å². The van der Waals surface area contributed by atoms with Gasteiger partial charge in [0, 0.05) is 11.6 Å². The van der Waals surface area contributed by atoms with Crippen LogP contribution in [0.15, 0.2) is 12.1 Å². The van der Waals surface area contributed by atoms with E-state index in [2.05, 4.69) is 5.32 Å². The van der Waals surface area contributed by atoms with Crippen LogP contribution in [-0.2, 0) is 0 Å². The monoisotopic (exact) mass is 275 g/mol. The maximum absolute atomic E-state index is 10.3. The van der Waals surface area contributed by atoms with Crippen molar-refractivity contribution in [1.82, 2.24) is 5.32 Å². The number of rotatable bonds is 2. The van der Waals surface area contributed by atoms with Gasteiger partial charge in [0.2, 0.25) is 0 Å². The number of hydrogen-bond acceptors (Lipinski definition) is 3. The molecule has 0 amide bonds. The normalized spacial score (nSPS) is 19.2. The van der Waals surface area contributed by atoms with Crippen LogP contribution in [0.1, 0.15) is 24.5 Å². The molecule has 3 nitrogen and oxygen atoms in total. The first-order chi connectivity index (χ1) is 8.09. The molecule has 3 N–H and O–H groups in total. The molecule has 1 heterocycles. The minimum atomic E-state index is -0.688. The predicted molar refractivity (Wildman–Crippen MR) is 68.7 cm³/mol. The SMILES string of the molecule is Oc1cc(Cl)c(Cl)cc1[C@H](O)C1CCNCC1. The van der Waals surface area contributed by atoms with Crippen molar-refractivity contribution in [2.75, 3.05) is 13.1 Å². The molecule has 0 radical (unpaired) electrons. The molecule has 1 aliphatic heterocycles. The fourth-order valence-corrected chi connectivity index (χ4v) is 2.53. The van der Waals surface area contributed by atoms with E-state index < -0.39 is 6.10 Å². The van der Waals surface area contributed by atoms with Crippen LogP contribution < -0.4 is 5.32 Å². The standard InChI is InChI=1S/C12H15Cl2NO2/c13-9-5-8(11(16)6-10(9)14)12(17)7-1-3-15-4-2-7/h5-7,12,15-17H,1-4H2/t12-/m1/s1. The molecule has 0 spiro atoms. The van der Waals surface area contributed by atoms with Gasteiger partial charge in [-0.1, -0.05) is 23.2 Å². The fraction of sp³-hybridized carbons (Fsp3) is 0.500. The second-order valence-corrected chi connectivity index (χ2v) is 5.17. The molecule has 1 saturated heterocycles. The van der Waals surface area contributed by atoms with E-state index in [1.54, 1.807) is 6.07 Å². The first kappa shape index (κ1) is 13.0. The number of piperidine rings is 1. The van der Waals surface area contributed by atoms with Crippen LogP contribution in [0.25, 0.3) is 0 Å². The molecule has 2 rings (SSSR count). The number of phenolic OH excluding ortho intramolecular Hbond substituents is 1. The van der Waals surface area contributed by atoms with E-state index in [1.807, 2.05) is 0 Å². The highest BCUT2D eigenvalue weighted by molar-refractivity contribution is 6.42. The highest BCUT2D eigenvalue weighted by Crippen LogP contribution is 2.38. The lowest BCUT2D eigenvalue weighted by Crippen LogP contribution is -2.30. The summed E-state index contributed by atoms with van der Waals surface area (Å²) in [5.41, 5.74) is 0.464. The summed E-state index contributed by atoms with van der Waals surface area (Å²) < 4.78 is 0. The van der Waals surface area contributed by atoms with Gasteiger partial charge in [-0.15, -0.1) is 0 Å². The van der Waals surface area contributed by atoms with Gasteiger partial charge in [0.05, 0.1) is 16.1 Å². The summed E-state index contributed by atoms with van der Waals surface area (Å²) in [6, 6.07) is 2.93. The number of aliphatic hydroxyl groups is 1. The van der Waals surface area contributed by atoms with Crippen LogP contribution in [0.3, 0.4) is 0 Å². The Labute approximate surface area is 110 Å². The van der Waals surface area contributed by atoms with Crippen molar-refractivity contribution < 1.29 is 10.2 Å². The molecule has 5 heteroatoms. The van der Waals surface area contributed by atoms with E-state index in [1.165, 1.54) is 6.07 Å². The summed E-state index contributed by atoms with van der Waals surface area (Å²) in [6.45, 7) is 1.79. The molecule has 0 aliphatic carbocycles. The van der Waals surface area contributed by atoms with Crippen molar-refractivity contribution in [2.45, 2.75) is 18.9 Å². The molecular formula is C12H15Cl2NO2. The lowest BCUT2D eigenvalue weighted by Gasteiger charge is -2.28. The van der Waals surface area contributed by atoms with Gasteiger partial charge in [-0.05, 0) is 37.9 Å². The fourth-order valence-electron chi connectivity index (χ4n) is 2.20. The molecule has 0 bridgehead atoms. The quantitative estimate of drug-likeness (QED) is 0.778. The van der Waals surface area contributed by atoms with Gasteiger partial charge in [-0.2, -0.15) is 0 Å². The van der Waals surface area contributed by atoms with E-state index in [4.69, 9.17) is 23.2 Å². The second kappa shape index (κ2) is 5.44. The number of hydrogen-bond donors (Lipinski definition) is 3. The van der Waals surface area contributed by atoms with Crippen molar-refractivity contribution in [3.8, 4) is 5.75 Å². The lowest BCUT2D eigenvalue weighted by molar-refractivity contribution is 0.0866. The molecule has 1 aromatic rings. The van der Waals surface area contributed by atoms with Crippen molar-refractivity contribution >= 4 is 23.2 Å². The summed E-state index contributed by atoms with van der Waals surface area (Å²) in [5, 5.41) is 23.9. The third-order valence-corrected chi connectivity index (χ3v) is 3.94. The second-order valence-electron chi connectivity index (χ2n) is 4.36. The molecule has 1 fully saturated rings. The smallest absolute Gasteiger partial charge is 0.122 e. The van der Waals surface area contributed by atoms with Gasteiger partial charge >= 0.3 is 0 Å². The Morgan fingerprint density at radius 1 is 1.18 bits per heavy atom. The average molecular weight is 276 g/mol. The Bertz CT molecular complexity index is 406. The predicted octanol–water partition coefficient (Wildman–Crippen LogP) is 2.73. The zero-order valence-corrected chi connectivity index (χ0v) is 10.8. The van der Waals surface area contributed by atoms with Gasteiger partial charge in [0.1, 0.15) is 5.75 Å². The van der Waals surface area contributed by atoms with Crippen LogP contribution in [-0.4, -0.2) is 23.3 Å². The summed E-state index contributed by atoms with van der Waals surface area (Å²) in [6.07, 6.45) is 1.09. The number of nitrogens with one attached hydrogen (secondary N) is 1. The van der Waals surface area contributed by atoms with Gasteiger partial charge in [-0.3, -0.25) is 0 Å². The molecule has 0 aromatic heterocycles. The van der Waals surface area contributed by atoms with Crippen molar-refractivity contribution in [2.24, 2.45) is 5.92 Å². The number of aromatic hydroxyl groups is 1. The van der Waals surface area contributed by atoms with Gasteiger partial charge in [-0.25, -0.2) is 0 Å². The van der Waals surface area contributed by atoms with Crippen LogP contribution in [0, 0.1) is 5.92 Å². The van der Waals surface area contributed by atoms with E-state index in [-0.39, 0.29) is 11.7 Å². The highest BCUT2D eigenvalue weighted by Gasteiger charge is 2.25. The number of benzene rings is 1. The Hall–Kier alpha value is -0.480. The summed E-state index contributed by atoms with van der Waals surface area (Å²) >= 11 is 11.7. The van der Waals surface area contributed by atoms with E-state index in [9.17, 15) is 10.2 Å². The molecule has 94 valence electrons. The van der Waals surface area contributed by atoms with Gasteiger partial charge in [0.15, 0.2) is 0 Å². The topological polar surface area (TPSA) is 52.5 Å². The zero-order valence-electron chi connectivity index (χ0n) is 9.29. The van der Waals surface area contributed by atoms with Gasteiger partial charge < -0.3 is 15.5 Å². The first-order valence-corrected chi connectivity index (χ1v) is 6.42. The van der Waals surface area contributed by atoms with Crippen molar-refractivity contribution in [1.29, 1.82) is 0 Å². The Balaban J connectivity index is 2.23. The molecular weight excluding hydrogens is 261 g/mol. The van der Waals surface area contributed by atoms with Crippen LogP contribution in [0.2, 0.25) is 10.0 Å². The largest absolute Gasteiger partial charge is 0.508 e. The third kappa shape index (κ3) is 2.86. The maximum atomic E-state index is 10.3. The summed E-state index contributed by atoms with van der Waals surface area (Å²) in [5.74, 6) is 0.157. The zero-order chi connectivity index (χ0) is 12.4. The maximum Gasteiger partial charge on any atom is 0.122 e. The highest BCUT2D eigenvalue weighted by atomic mass is 35.5. The van der Waals surface area contributed by atoms with Crippen LogP contribution >= 0.6 is 23.2 Å². The molecule has 17 heavy (non-hydrogen) atoms. The first-order valence-electron chi connectivity index (χ1n) is 5.66. The Kier molecular flexibility index (Phi) is 4.15. The Morgan fingerprint density at radius 2 is 1.76 bits per heavy atom. The minimum absolute atomic E-state index is 0.00503. The van der Waals surface area contributed by atoms with Crippen molar-refractivity contribution in [3.05, 3.63) is 27.7 Å². The van der Waals surface area contributed by atoms with E-state index >= 15 is 0 Å². The third-order valence-electron chi connectivity index (χ3n) is 3.22. The molecule has 1 aliphatic rings. The van der Waals surface area contributed by atoms with E-state index in [0.717, 1.165) is 25.9 Å². The number of aliphatic hydroxyl groups excluding tert-OH is 1. The molecule has 0 unspecified atom stereocenters. The molecule has 0 saturated carbocycles. The Morgan fingerprint density at radius 3 is 2.41 bits per heavy atom. The van der Waals surface area contributed by atoms with Crippen molar-refractivity contribution in [3.63, 3.8) is 0 Å². The number of halogens is 2. The van der Waals surface area contributed by atoms with Gasteiger partial charge in [0.25, 0.3) is 0 Å². The van der Waals surface area contributed by atoms with Crippen LogP contribution in [0.4, 0.5) is 0 Å². The average Bonchev–Trinajstić information content (AvgIpc) is 2.34. The molecule has 1 atom stereocenters. The summed E-state index contributed by atoms with van der Waals surface area (Å²) in [4.78, 5) is 0. The lowest BCUT2D eigenvalue weighted by atomic mass is 9.88. The number of phenols is 1. The summed E-state index contributed by atoms with van der Waals surface area (Å²) in [7, 11) is 0. The minimum Gasteiger partial charge on any atom is -0.508 e. The molecule has 1 aromatic carbocycles. The van der Waals surface area contributed by atoms with E-state index in [0.29, 0.717) is 15.6 Å².